The molecule has 2 aromatic heterocycles. The molecule has 1 fully saturated rings. The Morgan fingerprint density at radius 1 is 1.50 bits per heavy atom. The van der Waals surface area contributed by atoms with E-state index in [1.165, 1.54) is 11.3 Å². The third-order valence-corrected chi connectivity index (χ3v) is 3.33. The number of hydrogen-bond donors (Lipinski definition) is 1. The SMILES string of the molecule is NC1(c2nc(-c3cncs3)no2)CCOC1. The molecule has 2 aromatic rings. The summed E-state index contributed by atoms with van der Waals surface area (Å²) in [5, 5.41) is 3.90. The number of nitrogens with two attached hydrogens (primary N) is 1. The third-order valence-electron chi connectivity index (χ3n) is 2.56. The Bertz CT molecular complexity index is 475. The van der Waals surface area contributed by atoms with E-state index in [0.29, 0.717) is 31.3 Å². The van der Waals surface area contributed by atoms with E-state index in [9.17, 15) is 0 Å². The molecule has 0 saturated carbocycles. The maximum atomic E-state index is 6.11. The summed E-state index contributed by atoms with van der Waals surface area (Å²) in [4.78, 5) is 9.13. The Balaban J connectivity index is 1.93. The molecule has 1 saturated heterocycles. The van der Waals surface area contributed by atoms with Gasteiger partial charge in [0.15, 0.2) is 0 Å². The van der Waals surface area contributed by atoms with Gasteiger partial charge in [-0.1, -0.05) is 5.16 Å². The average molecular weight is 238 g/mol. The summed E-state index contributed by atoms with van der Waals surface area (Å²) in [5.74, 6) is 0.975. The van der Waals surface area contributed by atoms with Crippen molar-refractivity contribution < 1.29 is 9.26 Å². The Labute approximate surface area is 95.4 Å². The van der Waals surface area contributed by atoms with E-state index in [1.807, 2.05) is 0 Å². The maximum Gasteiger partial charge on any atom is 0.249 e. The molecule has 1 unspecified atom stereocenters. The van der Waals surface area contributed by atoms with E-state index in [4.69, 9.17) is 15.0 Å². The summed E-state index contributed by atoms with van der Waals surface area (Å²) in [6, 6.07) is 0. The van der Waals surface area contributed by atoms with E-state index in [1.54, 1.807) is 11.7 Å². The molecule has 2 N–H and O–H groups in total. The molecule has 3 rings (SSSR count). The van der Waals surface area contributed by atoms with Gasteiger partial charge in [-0.2, -0.15) is 4.98 Å². The normalized spacial score (nSPS) is 25.1. The molecule has 3 heterocycles. The van der Waals surface area contributed by atoms with Crippen molar-refractivity contribution in [2.75, 3.05) is 13.2 Å². The molecule has 1 aliphatic rings. The highest BCUT2D eigenvalue weighted by molar-refractivity contribution is 7.13. The second kappa shape index (κ2) is 3.62. The largest absolute Gasteiger partial charge is 0.379 e. The van der Waals surface area contributed by atoms with Gasteiger partial charge in [0, 0.05) is 12.8 Å². The summed E-state index contributed by atoms with van der Waals surface area (Å²) in [6.07, 6.45) is 2.41. The Morgan fingerprint density at radius 2 is 2.44 bits per heavy atom. The standard InChI is InChI=1S/C9H10N4O2S/c10-9(1-2-14-4-9)8-12-7(13-15-8)6-3-11-5-16-6/h3,5H,1-2,4,10H2. The smallest absolute Gasteiger partial charge is 0.249 e. The molecule has 6 nitrogen and oxygen atoms in total. The fourth-order valence-electron chi connectivity index (χ4n) is 1.60. The van der Waals surface area contributed by atoms with Gasteiger partial charge in [-0.05, 0) is 6.42 Å². The molecule has 1 aliphatic heterocycles. The summed E-state index contributed by atoms with van der Waals surface area (Å²) < 4.78 is 10.4. The molecule has 0 bridgehead atoms. The number of aromatic nitrogens is 3. The maximum absolute atomic E-state index is 6.11. The fourth-order valence-corrected chi connectivity index (χ4v) is 2.15. The van der Waals surface area contributed by atoms with Gasteiger partial charge in [0.05, 0.1) is 17.0 Å². The van der Waals surface area contributed by atoms with Gasteiger partial charge >= 0.3 is 0 Å². The molecule has 0 aliphatic carbocycles. The zero-order valence-electron chi connectivity index (χ0n) is 8.42. The monoisotopic (exact) mass is 238 g/mol. The van der Waals surface area contributed by atoms with Crippen molar-refractivity contribution in [3.63, 3.8) is 0 Å². The van der Waals surface area contributed by atoms with Crippen LogP contribution in [0.25, 0.3) is 10.7 Å². The van der Waals surface area contributed by atoms with E-state index in [-0.39, 0.29) is 0 Å². The summed E-state index contributed by atoms with van der Waals surface area (Å²) in [5.41, 5.74) is 7.21. The number of thiazole rings is 1. The first-order valence-corrected chi connectivity index (χ1v) is 5.76. The lowest BCUT2D eigenvalue weighted by Crippen LogP contribution is -2.37. The van der Waals surface area contributed by atoms with Crippen LogP contribution in [0.15, 0.2) is 16.2 Å². The summed E-state index contributed by atoms with van der Waals surface area (Å²) in [6.45, 7) is 1.06. The van der Waals surface area contributed by atoms with Crippen molar-refractivity contribution in [2.24, 2.45) is 5.73 Å². The summed E-state index contributed by atoms with van der Waals surface area (Å²) >= 11 is 1.46. The molecular formula is C9H10N4O2S. The number of nitrogens with zero attached hydrogens (tertiary/aromatic N) is 3. The van der Waals surface area contributed by atoms with Crippen LogP contribution >= 0.6 is 11.3 Å². The predicted octanol–water partition coefficient (Wildman–Crippen LogP) is 0.767. The second-order valence-corrected chi connectivity index (χ2v) is 4.63. The number of hydrogen-bond acceptors (Lipinski definition) is 7. The molecule has 1 atom stereocenters. The average Bonchev–Trinajstić information content (AvgIpc) is 2.98. The van der Waals surface area contributed by atoms with Crippen LogP contribution < -0.4 is 5.73 Å². The van der Waals surface area contributed by atoms with Crippen LogP contribution in [-0.4, -0.2) is 28.3 Å². The van der Waals surface area contributed by atoms with Crippen molar-refractivity contribution in [1.29, 1.82) is 0 Å². The summed E-state index contributed by atoms with van der Waals surface area (Å²) in [7, 11) is 0. The minimum absolute atomic E-state index is 0.428. The molecule has 0 spiro atoms. The predicted molar refractivity (Wildman–Crippen MR) is 56.7 cm³/mol. The topological polar surface area (TPSA) is 87.1 Å². The van der Waals surface area contributed by atoms with E-state index < -0.39 is 5.54 Å². The van der Waals surface area contributed by atoms with Gasteiger partial charge in [-0.3, -0.25) is 4.98 Å². The minimum atomic E-state index is -0.629. The molecule has 0 radical (unpaired) electrons. The van der Waals surface area contributed by atoms with Gasteiger partial charge in [0.2, 0.25) is 11.7 Å². The zero-order valence-corrected chi connectivity index (χ0v) is 9.24. The lowest BCUT2D eigenvalue weighted by atomic mass is 10.0. The van der Waals surface area contributed by atoms with E-state index >= 15 is 0 Å². The first kappa shape index (κ1) is 9.88. The third kappa shape index (κ3) is 1.53. The zero-order chi connectivity index (χ0) is 11.0. The van der Waals surface area contributed by atoms with Gasteiger partial charge in [-0.25, -0.2) is 0 Å². The van der Waals surface area contributed by atoms with Gasteiger partial charge in [0.1, 0.15) is 5.54 Å². The Kier molecular flexibility index (Phi) is 2.23. The molecular weight excluding hydrogens is 228 g/mol. The van der Waals surface area contributed by atoms with Crippen molar-refractivity contribution in [3.05, 3.63) is 17.6 Å². The van der Waals surface area contributed by atoms with Crippen molar-refractivity contribution >= 4 is 11.3 Å². The number of rotatable bonds is 2. The highest BCUT2D eigenvalue weighted by Crippen LogP contribution is 2.28. The quantitative estimate of drug-likeness (QED) is 0.831. The van der Waals surface area contributed by atoms with Crippen LogP contribution in [0.5, 0.6) is 0 Å². The van der Waals surface area contributed by atoms with E-state index in [2.05, 4.69) is 15.1 Å². The lowest BCUT2D eigenvalue weighted by Gasteiger charge is -2.14. The number of ether oxygens (including phenoxy) is 1. The molecule has 7 heteroatoms. The molecule has 16 heavy (non-hydrogen) atoms. The van der Waals surface area contributed by atoms with Gasteiger partial charge in [0.25, 0.3) is 0 Å². The highest BCUT2D eigenvalue weighted by atomic mass is 32.1. The van der Waals surface area contributed by atoms with Gasteiger partial charge in [-0.15, -0.1) is 11.3 Å². The Hall–Kier alpha value is -1.31. The fraction of sp³-hybridized carbons (Fsp3) is 0.444. The lowest BCUT2D eigenvalue weighted by molar-refractivity contribution is 0.166. The van der Waals surface area contributed by atoms with Gasteiger partial charge < -0.3 is 15.0 Å². The molecule has 0 aromatic carbocycles. The highest BCUT2D eigenvalue weighted by Gasteiger charge is 2.38. The van der Waals surface area contributed by atoms with Crippen LogP contribution in [0.2, 0.25) is 0 Å². The molecule has 0 amide bonds. The van der Waals surface area contributed by atoms with Crippen LogP contribution in [0.4, 0.5) is 0 Å². The minimum Gasteiger partial charge on any atom is -0.379 e. The van der Waals surface area contributed by atoms with Crippen LogP contribution in [-0.2, 0) is 10.3 Å². The van der Waals surface area contributed by atoms with Crippen molar-refractivity contribution in [2.45, 2.75) is 12.0 Å². The Morgan fingerprint density at radius 3 is 3.12 bits per heavy atom. The van der Waals surface area contributed by atoms with Crippen LogP contribution in [0.1, 0.15) is 12.3 Å². The van der Waals surface area contributed by atoms with E-state index in [0.717, 1.165) is 4.88 Å². The van der Waals surface area contributed by atoms with Crippen LogP contribution in [0.3, 0.4) is 0 Å². The molecule has 84 valence electrons. The first-order chi connectivity index (χ1) is 7.78. The first-order valence-electron chi connectivity index (χ1n) is 4.88. The van der Waals surface area contributed by atoms with Crippen molar-refractivity contribution in [1.82, 2.24) is 15.1 Å². The second-order valence-electron chi connectivity index (χ2n) is 3.75. The van der Waals surface area contributed by atoms with Crippen molar-refractivity contribution in [3.8, 4) is 10.7 Å². The van der Waals surface area contributed by atoms with Crippen LogP contribution in [0, 0.1) is 0 Å².